The first-order valence-corrected chi connectivity index (χ1v) is 10.5. The molecule has 0 unspecified atom stereocenters. The Morgan fingerprint density at radius 1 is 1.11 bits per heavy atom. The Bertz CT molecular complexity index is 717. The lowest BCUT2D eigenvalue weighted by Crippen LogP contribution is -2.40. The number of nitrogens with one attached hydrogen (secondary N) is 1. The minimum atomic E-state index is 0.767. The van der Waals surface area contributed by atoms with Crippen LogP contribution in [0.4, 0.5) is 5.69 Å². The molecule has 5 nitrogen and oxygen atoms in total. The standard InChI is InChI=1S/C22H30N4OS/c1-2-19-4-6-21(7-5-19)24-22(28)26(18-20-8-10-23-11-9-20)13-3-12-25-14-16-27-17-15-25/h4-11H,2-3,12-18H2,1H3,(H,24,28). The van der Waals surface area contributed by atoms with E-state index in [1.807, 2.05) is 24.5 Å². The van der Waals surface area contributed by atoms with E-state index in [1.165, 1.54) is 11.1 Å². The topological polar surface area (TPSA) is 40.6 Å². The largest absolute Gasteiger partial charge is 0.379 e. The molecule has 0 spiro atoms. The van der Waals surface area contributed by atoms with E-state index >= 15 is 0 Å². The van der Waals surface area contributed by atoms with E-state index in [0.717, 1.165) is 69.6 Å². The number of morpholine rings is 1. The second-order valence-electron chi connectivity index (χ2n) is 7.07. The molecule has 1 aliphatic heterocycles. The highest BCUT2D eigenvalue weighted by Gasteiger charge is 2.14. The zero-order chi connectivity index (χ0) is 19.6. The lowest BCUT2D eigenvalue weighted by atomic mass is 10.1. The van der Waals surface area contributed by atoms with Crippen LogP contribution in [0.1, 0.15) is 24.5 Å². The van der Waals surface area contributed by atoms with Crippen molar-refractivity contribution < 1.29 is 4.74 Å². The molecule has 6 heteroatoms. The average molecular weight is 399 g/mol. The van der Waals surface area contributed by atoms with Crippen LogP contribution in [0.15, 0.2) is 48.8 Å². The first-order valence-electron chi connectivity index (χ1n) is 10.1. The number of nitrogens with zero attached hydrogens (tertiary/aromatic N) is 3. The minimum Gasteiger partial charge on any atom is -0.379 e. The molecule has 1 saturated heterocycles. The van der Waals surface area contributed by atoms with Crippen LogP contribution in [0.5, 0.6) is 0 Å². The van der Waals surface area contributed by atoms with Gasteiger partial charge in [0.15, 0.2) is 5.11 Å². The normalized spacial score (nSPS) is 14.6. The molecule has 150 valence electrons. The molecule has 1 N–H and O–H groups in total. The number of anilines is 1. The van der Waals surface area contributed by atoms with E-state index in [-0.39, 0.29) is 0 Å². The quantitative estimate of drug-likeness (QED) is 0.686. The summed E-state index contributed by atoms with van der Waals surface area (Å²) in [6.07, 6.45) is 5.78. The fraction of sp³-hybridized carbons (Fsp3) is 0.455. The number of thiocarbonyl (C=S) groups is 1. The highest BCUT2D eigenvalue weighted by molar-refractivity contribution is 7.80. The highest BCUT2D eigenvalue weighted by atomic mass is 32.1. The molecule has 0 aliphatic carbocycles. The van der Waals surface area contributed by atoms with Crippen molar-refractivity contribution in [2.75, 3.05) is 44.7 Å². The Morgan fingerprint density at radius 2 is 1.82 bits per heavy atom. The van der Waals surface area contributed by atoms with Crippen LogP contribution in [0, 0.1) is 0 Å². The van der Waals surface area contributed by atoms with Crippen LogP contribution in [0.2, 0.25) is 0 Å². The molecular formula is C22H30N4OS. The fourth-order valence-corrected chi connectivity index (χ4v) is 3.57. The summed E-state index contributed by atoms with van der Waals surface area (Å²) in [6, 6.07) is 12.6. The Kier molecular flexibility index (Phi) is 8.21. The Morgan fingerprint density at radius 3 is 2.50 bits per heavy atom. The van der Waals surface area contributed by atoms with Crippen LogP contribution in [0.25, 0.3) is 0 Å². The van der Waals surface area contributed by atoms with Gasteiger partial charge in [-0.3, -0.25) is 9.88 Å². The maximum atomic E-state index is 5.75. The van der Waals surface area contributed by atoms with Crippen molar-refractivity contribution in [3.8, 4) is 0 Å². The number of benzene rings is 1. The van der Waals surface area contributed by atoms with Gasteiger partial charge >= 0.3 is 0 Å². The summed E-state index contributed by atoms with van der Waals surface area (Å²) < 4.78 is 5.44. The lowest BCUT2D eigenvalue weighted by Gasteiger charge is -2.29. The second kappa shape index (κ2) is 11.1. The van der Waals surface area contributed by atoms with E-state index in [4.69, 9.17) is 17.0 Å². The number of hydrogen-bond acceptors (Lipinski definition) is 4. The lowest BCUT2D eigenvalue weighted by molar-refractivity contribution is 0.0368. The summed E-state index contributed by atoms with van der Waals surface area (Å²) in [7, 11) is 0. The molecule has 1 aromatic carbocycles. The van der Waals surface area contributed by atoms with Crippen LogP contribution >= 0.6 is 12.2 Å². The summed E-state index contributed by atoms with van der Waals surface area (Å²) in [5, 5.41) is 4.18. The van der Waals surface area contributed by atoms with Gasteiger partial charge in [-0.2, -0.15) is 0 Å². The van der Waals surface area contributed by atoms with Gasteiger partial charge in [-0.25, -0.2) is 0 Å². The van der Waals surface area contributed by atoms with Crippen molar-refractivity contribution in [1.29, 1.82) is 0 Å². The summed E-state index contributed by atoms with van der Waals surface area (Å²) in [4.78, 5) is 8.83. The number of hydrogen-bond donors (Lipinski definition) is 1. The number of rotatable bonds is 8. The Labute approximate surface area is 173 Å². The minimum absolute atomic E-state index is 0.767. The third-order valence-corrected chi connectivity index (χ3v) is 5.39. The van der Waals surface area contributed by atoms with Gasteiger partial charge < -0.3 is 15.0 Å². The summed E-state index contributed by atoms with van der Waals surface area (Å²) in [5.74, 6) is 0. The van der Waals surface area contributed by atoms with Crippen molar-refractivity contribution in [1.82, 2.24) is 14.8 Å². The van der Waals surface area contributed by atoms with Crippen molar-refractivity contribution >= 4 is 23.0 Å². The Hall–Kier alpha value is -2.02. The molecule has 1 fully saturated rings. The van der Waals surface area contributed by atoms with Crippen molar-refractivity contribution in [2.45, 2.75) is 26.3 Å². The van der Waals surface area contributed by atoms with Crippen LogP contribution in [-0.4, -0.2) is 59.3 Å². The molecule has 0 bridgehead atoms. The zero-order valence-corrected chi connectivity index (χ0v) is 17.5. The smallest absolute Gasteiger partial charge is 0.173 e. The zero-order valence-electron chi connectivity index (χ0n) is 16.6. The predicted molar refractivity (Wildman–Crippen MR) is 119 cm³/mol. The van der Waals surface area contributed by atoms with E-state index < -0.39 is 0 Å². The highest BCUT2D eigenvalue weighted by Crippen LogP contribution is 2.13. The van der Waals surface area contributed by atoms with E-state index in [2.05, 4.69) is 51.3 Å². The summed E-state index contributed by atoms with van der Waals surface area (Å²) >= 11 is 5.75. The van der Waals surface area contributed by atoms with Crippen molar-refractivity contribution in [3.63, 3.8) is 0 Å². The van der Waals surface area contributed by atoms with Crippen molar-refractivity contribution in [2.24, 2.45) is 0 Å². The van der Waals surface area contributed by atoms with Gasteiger partial charge in [-0.1, -0.05) is 19.1 Å². The molecule has 0 amide bonds. The monoisotopic (exact) mass is 398 g/mol. The molecule has 1 aliphatic rings. The van der Waals surface area contributed by atoms with Gasteiger partial charge in [0.2, 0.25) is 0 Å². The Balaban J connectivity index is 1.59. The number of ether oxygens (including phenoxy) is 1. The van der Waals surface area contributed by atoms with Crippen LogP contribution in [-0.2, 0) is 17.7 Å². The molecule has 0 atom stereocenters. The molecule has 0 saturated carbocycles. The number of aromatic nitrogens is 1. The van der Waals surface area contributed by atoms with Crippen molar-refractivity contribution in [3.05, 3.63) is 59.9 Å². The third kappa shape index (κ3) is 6.55. The maximum Gasteiger partial charge on any atom is 0.173 e. The van der Waals surface area contributed by atoms with Gasteiger partial charge in [0.1, 0.15) is 0 Å². The maximum absolute atomic E-state index is 5.75. The van der Waals surface area contributed by atoms with Gasteiger partial charge in [0.05, 0.1) is 13.2 Å². The molecule has 28 heavy (non-hydrogen) atoms. The summed E-state index contributed by atoms with van der Waals surface area (Å²) in [6.45, 7) is 8.67. The second-order valence-corrected chi connectivity index (χ2v) is 7.45. The van der Waals surface area contributed by atoms with Gasteiger partial charge in [0, 0.05) is 50.8 Å². The molecule has 3 rings (SSSR count). The SMILES string of the molecule is CCc1ccc(NC(=S)N(CCCN2CCOCC2)Cc2ccncc2)cc1. The van der Waals surface area contributed by atoms with E-state index in [1.54, 1.807) is 0 Å². The third-order valence-electron chi connectivity index (χ3n) is 5.03. The molecule has 1 aromatic heterocycles. The first-order chi connectivity index (χ1) is 13.7. The predicted octanol–water partition coefficient (Wildman–Crippen LogP) is 3.57. The molecular weight excluding hydrogens is 368 g/mol. The first kappa shape index (κ1) is 20.7. The molecule has 2 heterocycles. The van der Waals surface area contributed by atoms with E-state index in [9.17, 15) is 0 Å². The van der Waals surface area contributed by atoms with E-state index in [0.29, 0.717) is 0 Å². The fourth-order valence-electron chi connectivity index (χ4n) is 3.30. The average Bonchev–Trinajstić information content (AvgIpc) is 2.75. The van der Waals surface area contributed by atoms with Gasteiger partial charge in [0.25, 0.3) is 0 Å². The van der Waals surface area contributed by atoms with Crippen LogP contribution < -0.4 is 5.32 Å². The van der Waals surface area contributed by atoms with Crippen LogP contribution in [0.3, 0.4) is 0 Å². The molecule has 2 aromatic rings. The molecule has 0 radical (unpaired) electrons. The summed E-state index contributed by atoms with van der Waals surface area (Å²) in [5.41, 5.74) is 3.58. The van der Waals surface area contributed by atoms with Gasteiger partial charge in [-0.15, -0.1) is 0 Å². The van der Waals surface area contributed by atoms with Gasteiger partial charge in [-0.05, 0) is 60.5 Å². The number of pyridine rings is 1. The number of aryl methyl sites for hydroxylation is 1.